The van der Waals surface area contributed by atoms with Crippen molar-refractivity contribution < 1.29 is 4.79 Å². The van der Waals surface area contributed by atoms with Crippen LogP contribution in [0.2, 0.25) is 10.0 Å². The third-order valence-corrected chi connectivity index (χ3v) is 7.58. The molecule has 3 aromatic rings. The second kappa shape index (κ2) is 10.4. The Morgan fingerprint density at radius 3 is 2.71 bits per heavy atom. The molecule has 0 radical (unpaired) electrons. The number of carbonyl (C=O) groups excluding carboxylic acids is 1. The van der Waals surface area contributed by atoms with E-state index in [1.807, 2.05) is 45.0 Å². The maximum absolute atomic E-state index is 13.7. The molecule has 178 valence electrons. The lowest BCUT2D eigenvalue weighted by Crippen LogP contribution is -2.31. The highest BCUT2D eigenvalue weighted by Crippen LogP contribution is 2.38. The summed E-state index contributed by atoms with van der Waals surface area (Å²) < 4.78 is 1.76. The quantitative estimate of drug-likeness (QED) is 0.261. The molecule has 2 N–H and O–H groups in total. The Bertz CT molecular complexity index is 1270. The molecule has 0 bridgehead atoms. The van der Waals surface area contributed by atoms with E-state index in [0.717, 1.165) is 41.0 Å². The van der Waals surface area contributed by atoms with Crippen LogP contribution in [0.5, 0.6) is 0 Å². The van der Waals surface area contributed by atoms with Crippen molar-refractivity contribution in [2.75, 3.05) is 16.4 Å². The van der Waals surface area contributed by atoms with E-state index < -0.39 is 6.04 Å². The molecule has 1 aliphatic heterocycles. The second-order valence-corrected chi connectivity index (χ2v) is 10.2. The first-order chi connectivity index (χ1) is 16.3. The Morgan fingerprint density at radius 1 is 1.18 bits per heavy atom. The van der Waals surface area contributed by atoms with Gasteiger partial charge in [0.25, 0.3) is 5.91 Å². The number of allylic oxidation sites excluding steroid dienone is 1. The molecule has 34 heavy (non-hydrogen) atoms. The van der Waals surface area contributed by atoms with Gasteiger partial charge in [-0.25, -0.2) is 4.68 Å². The number of aromatic nitrogens is 3. The lowest BCUT2D eigenvalue weighted by molar-refractivity contribution is -0.113. The number of benzene rings is 2. The molecule has 9 heteroatoms. The number of hydrogen-bond donors (Lipinski definition) is 2. The number of nitrogens with zero attached hydrogens (tertiary/aromatic N) is 3. The fourth-order valence-electron chi connectivity index (χ4n) is 3.86. The van der Waals surface area contributed by atoms with Crippen molar-refractivity contribution in [1.29, 1.82) is 0 Å². The van der Waals surface area contributed by atoms with Crippen LogP contribution in [0.1, 0.15) is 49.4 Å². The molecule has 1 aliphatic rings. The molecule has 1 atom stereocenters. The van der Waals surface area contributed by atoms with Gasteiger partial charge in [0.15, 0.2) is 0 Å². The van der Waals surface area contributed by atoms with Gasteiger partial charge in [-0.1, -0.05) is 66.5 Å². The molecule has 4 rings (SSSR count). The van der Waals surface area contributed by atoms with E-state index in [2.05, 4.69) is 22.5 Å². The van der Waals surface area contributed by atoms with Crippen LogP contribution >= 0.6 is 35.0 Å². The molecule has 2 heterocycles. The Kier molecular flexibility index (Phi) is 7.55. The van der Waals surface area contributed by atoms with E-state index in [-0.39, 0.29) is 5.91 Å². The molecular formula is C25H27Cl2N5OS. The number of hydrogen-bond acceptors (Lipinski definition) is 5. The van der Waals surface area contributed by atoms with Crippen LogP contribution in [0.15, 0.2) is 52.8 Å². The zero-order chi connectivity index (χ0) is 24.4. The van der Waals surface area contributed by atoms with Crippen LogP contribution in [0.3, 0.4) is 0 Å². The molecule has 6 nitrogen and oxygen atoms in total. The normalized spacial score (nSPS) is 15.2. The summed E-state index contributed by atoms with van der Waals surface area (Å²) in [5.41, 5.74) is 4.97. The number of carbonyl (C=O) groups is 1. The van der Waals surface area contributed by atoms with Gasteiger partial charge in [0.2, 0.25) is 11.1 Å². The predicted molar refractivity (Wildman–Crippen MR) is 141 cm³/mol. The van der Waals surface area contributed by atoms with Gasteiger partial charge in [-0.3, -0.25) is 4.79 Å². The number of unbranched alkanes of at least 4 members (excludes halogenated alkanes) is 1. The highest BCUT2D eigenvalue weighted by molar-refractivity contribution is 7.99. The Hall–Kier alpha value is -2.48. The monoisotopic (exact) mass is 515 g/mol. The summed E-state index contributed by atoms with van der Waals surface area (Å²) in [6, 6.07) is 10.8. The summed E-state index contributed by atoms with van der Waals surface area (Å²) in [6.07, 6.45) is 2.19. The highest BCUT2D eigenvalue weighted by Gasteiger charge is 2.35. The van der Waals surface area contributed by atoms with Crippen LogP contribution < -0.4 is 10.6 Å². The first-order valence-electron chi connectivity index (χ1n) is 11.2. The first-order valence-corrected chi connectivity index (χ1v) is 12.9. The fourth-order valence-corrected chi connectivity index (χ4v) is 5.08. The smallest absolute Gasteiger partial charge is 0.255 e. The minimum Gasteiger partial charge on any atom is -0.328 e. The van der Waals surface area contributed by atoms with E-state index in [1.165, 1.54) is 0 Å². The lowest BCUT2D eigenvalue weighted by atomic mass is 9.95. The molecule has 0 saturated heterocycles. The summed E-state index contributed by atoms with van der Waals surface area (Å²) in [5, 5.41) is 12.7. The molecule has 1 amide bonds. The average molecular weight is 516 g/mol. The zero-order valence-electron chi connectivity index (χ0n) is 19.6. The van der Waals surface area contributed by atoms with Crippen molar-refractivity contribution >= 4 is 52.5 Å². The Balaban J connectivity index is 1.76. The first kappa shape index (κ1) is 24.6. The van der Waals surface area contributed by atoms with Gasteiger partial charge in [0.05, 0.1) is 15.6 Å². The number of thioether (sulfide) groups is 1. The molecule has 2 aromatic carbocycles. The van der Waals surface area contributed by atoms with Crippen LogP contribution in [-0.4, -0.2) is 26.4 Å². The van der Waals surface area contributed by atoms with Crippen molar-refractivity contribution in [3.63, 3.8) is 0 Å². The summed E-state index contributed by atoms with van der Waals surface area (Å²) in [5.74, 6) is 1.32. The zero-order valence-corrected chi connectivity index (χ0v) is 21.9. The van der Waals surface area contributed by atoms with Crippen LogP contribution in [0.4, 0.5) is 11.6 Å². The van der Waals surface area contributed by atoms with E-state index in [1.54, 1.807) is 28.6 Å². The maximum atomic E-state index is 13.7. The molecule has 0 saturated carbocycles. The van der Waals surface area contributed by atoms with Gasteiger partial charge in [-0.05, 0) is 62.1 Å². The van der Waals surface area contributed by atoms with E-state index in [4.69, 9.17) is 28.3 Å². The van der Waals surface area contributed by atoms with Crippen LogP contribution in [0, 0.1) is 13.8 Å². The number of amides is 1. The molecule has 1 aromatic heterocycles. The van der Waals surface area contributed by atoms with Gasteiger partial charge in [-0.15, -0.1) is 5.10 Å². The van der Waals surface area contributed by atoms with Gasteiger partial charge >= 0.3 is 0 Å². The minimum atomic E-state index is -0.510. The van der Waals surface area contributed by atoms with Crippen molar-refractivity contribution in [3.05, 3.63) is 74.4 Å². The van der Waals surface area contributed by atoms with Crippen molar-refractivity contribution in [1.82, 2.24) is 14.8 Å². The van der Waals surface area contributed by atoms with Gasteiger partial charge in [-0.2, -0.15) is 4.98 Å². The number of anilines is 2. The highest BCUT2D eigenvalue weighted by atomic mass is 35.5. The molecule has 1 unspecified atom stereocenters. The lowest BCUT2D eigenvalue weighted by Gasteiger charge is -2.29. The van der Waals surface area contributed by atoms with Crippen molar-refractivity contribution in [2.45, 2.75) is 51.7 Å². The van der Waals surface area contributed by atoms with Gasteiger partial charge in [0.1, 0.15) is 6.04 Å². The average Bonchev–Trinajstić information content (AvgIpc) is 3.20. The number of fused-ring (bicyclic) bond motifs is 1. The van der Waals surface area contributed by atoms with Crippen LogP contribution in [-0.2, 0) is 4.79 Å². The molecule has 0 spiro atoms. The van der Waals surface area contributed by atoms with E-state index >= 15 is 0 Å². The van der Waals surface area contributed by atoms with Crippen molar-refractivity contribution in [3.8, 4) is 0 Å². The third-order valence-electron chi connectivity index (χ3n) is 5.92. The Morgan fingerprint density at radius 2 is 1.97 bits per heavy atom. The number of aryl methyl sites for hydroxylation is 1. The van der Waals surface area contributed by atoms with E-state index in [9.17, 15) is 4.79 Å². The van der Waals surface area contributed by atoms with Gasteiger partial charge in [0, 0.05) is 17.1 Å². The standard InChI is InChI=1S/C25H27Cl2N5OS/c1-5-6-12-34-25-30-24-28-16(4)21(23(33)29-20-9-7-8-14(2)15(20)3)22(32(24)31-25)17-10-11-18(26)19(27)13-17/h7-11,13,22H,5-6,12H2,1-4H3,(H,29,33)(H,28,30,31). The summed E-state index contributed by atoms with van der Waals surface area (Å²) >= 11 is 14.2. The minimum absolute atomic E-state index is 0.212. The largest absolute Gasteiger partial charge is 0.328 e. The fraction of sp³-hybridized carbons (Fsp3) is 0.320. The number of rotatable bonds is 7. The summed E-state index contributed by atoms with van der Waals surface area (Å²) in [4.78, 5) is 18.3. The summed E-state index contributed by atoms with van der Waals surface area (Å²) in [6.45, 7) is 8.06. The maximum Gasteiger partial charge on any atom is 0.255 e. The van der Waals surface area contributed by atoms with Crippen molar-refractivity contribution in [2.24, 2.45) is 0 Å². The summed E-state index contributed by atoms with van der Waals surface area (Å²) in [7, 11) is 0. The number of halogens is 2. The number of nitrogens with one attached hydrogen (secondary N) is 2. The van der Waals surface area contributed by atoms with Crippen LogP contribution in [0.25, 0.3) is 0 Å². The molecule has 0 fully saturated rings. The third kappa shape index (κ3) is 4.97. The Labute approximate surface area is 214 Å². The van der Waals surface area contributed by atoms with E-state index in [0.29, 0.717) is 32.4 Å². The topological polar surface area (TPSA) is 71.8 Å². The second-order valence-electron chi connectivity index (χ2n) is 8.31. The SMILES string of the molecule is CCCCSc1nc2n(n1)C(c1ccc(Cl)c(Cl)c1)C(C(=O)Nc1cccc(C)c1C)=C(C)N2. The molecular weight excluding hydrogens is 489 g/mol. The van der Waals surface area contributed by atoms with Gasteiger partial charge < -0.3 is 10.6 Å². The predicted octanol–water partition coefficient (Wildman–Crippen LogP) is 7.02. The molecule has 0 aliphatic carbocycles.